The molecule has 3 rings (SSSR count). The van der Waals surface area contributed by atoms with Crippen LogP contribution in [0.3, 0.4) is 0 Å². The van der Waals surface area contributed by atoms with Gasteiger partial charge in [-0.3, -0.25) is 9.59 Å². The normalized spacial score (nSPS) is 10.4. The molecular weight excluding hydrogens is 380 g/mol. The van der Waals surface area contributed by atoms with Crippen LogP contribution in [0.1, 0.15) is 5.69 Å². The van der Waals surface area contributed by atoms with Gasteiger partial charge in [0.1, 0.15) is 5.01 Å². The second-order valence-corrected chi connectivity index (χ2v) is 7.37. The van der Waals surface area contributed by atoms with Gasteiger partial charge in [0.25, 0.3) is 5.91 Å². The molecule has 0 aliphatic carbocycles. The van der Waals surface area contributed by atoms with Gasteiger partial charge in [0.05, 0.1) is 12.1 Å². The number of anilines is 1. The monoisotopic (exact) mass is 398 g/mol. The predicted octanol–water partition coefficient (Wildman–Crippen LogP) is 4.26. The van der Waals surface area contributed by atoms with Crippen LogP contribution in [0, 0.1) is 0 Å². The third-order valence-electron chi connectivity index (χ3n) is 3.62. The smallest absolute Gasteiger partial charge is 0.312 e. The van der Waals surface area contributed by atoms with E-state index in [4.69, 9.17) is 4.74 Å². The molecule has 0 aliphatic rings. The number of nitrogens with zero attached hydrogens (tertiary/aromatic N) is 1. The number of rotatable bonds is 7. The van der Waals surface area contributed by atoms with Gasteiger partial charge < -0.3 is 10.1 Å². The lowest BCUT2D eigenvalue weighted by Gasteiger charge is -2.07. The van der Waals surface area contributed by atoms with Crippen molar-refractivity contribution in [1.82, 2.24) is 4.98 Å². The number of amides is 1. The van der Waals surface area contributed by atoms with E-state index in [1.54, 1.807) is 17.8 Å². The summed E-state index contributed by atoms with van der Waals surface area (Å²) in [6.07, 6.45) is 2.00. The van der Waals surface area contributed by atoms with Crippen molar-refractivity contribution in [2.24, 2.45) is 0 Å². The number of benzene rings is 2. The van der Waals surface area contributed by atoms with Crippen molar-refractivity contribution < 1.29 is 14.3 Å². The SMILES string of the molecule is CSc1cccc(NC(=O)COC(=O)Cc2csc(-c3ccccc3)n2)c1. The third kappa shape index (κ3) is 5.67. The Morgan fingerprint density at radius 1 is 1.15 bits per heavy atom. The highest BCUT2D eigenvalue weighted by molar-refractivity contribution is 7.98. The molecule has 27 heavy (non-hydrogen) atoms. The molecule has 0 saturated heterocycles. The van der Waals surface area contributed by atoms with Gasteiger partial charge in [0.2, 0.25) is 0 Å². The molecule has 0 saturated carbocycles. The fourth-order valence-corrected chi connectivity index (χ4v) is 3.63. The Hall–Kier alpha value is -2.64. The number of aromatic nitrogens is 1. The highest BCUT2D eigenvalue weighted by Gasteiger charge is 2.12. The maximum atomic E-state index is 12.0. The van der Waals surface area contributed by atoms with Gasteiger partial charge in [-0.1, -0.05) is 36.4 Å². The summed E-state index contributed by atoms with van der Waals surface area (Å²) in [4.78, 5) is 29.4. The van der Waals surface area contributed by atoms with Crippen molar-refractivity contribution in [2.45, 2.75) is 11.3 Å². The van der Waals surface area contributed by atoms with E-state index in [0.717, 1.165) is 15.5 Å². The number of carbonyl (C=O) groups excluding carboxylic acids is 2. The van der Waals surface area contributed by atoms with Gasteiger partial charge in [-0.2, -0.15) is 0 Å². The van der Waals surface area contributed by atoms with E-state index in [1.807, 2.05) is 60.2 Å². The number of carbonyl (C=O) groups is 2. The van der Waals surface area contributed by atoms with Crippen LogP contribution in [0.15, 0.2) is 64.9 Å². The molecule has 138 valence electrons. The summed E-state index contributed by atoms with van der Waals surface area (Å²) < 4.78 is 5.06. The number of esters is 1. The van der Waals surface area contributed by atoms with E-state index >= 15 is 0 Å². The van der Waals surface area contributed by atoms with Gasteiger partial charge in [-0.05, 0) is 24.5 Å². The molecule has 1 aromatic heterocycles. The molecule has 0 aliphatic heterocycles. The number of thiazole rings is 1. The number of thioether (sulfide) groups is 1. The van der Waals surface area contributed by atoms with Crippen LogP contribution >= 0.6 is 23.1 Å². The van der Waals surface area contributed by atoms with Crippen molar-refractivity contribution in [2.75, 3.05) is 18.2 Å². The predicted molar refractivity (Wildman–Crippen MR) is 109 cm³/mol. The fourth-order valence-electron chi connectivity index (χ4n) is 2.34. The van der Waals surface area contributed by atoms with E-state index in [9.17, 15) is 9.59 Å². The summed E-state index contributed by atoms with van der Waals surface area (Å²) in [6, 6.07) is 17.2. The summed E-state index contributed by atoms with van der Waals surface area (Å²) in [6.45, 7) is -0.321. The van der Waals surface area contributed by atoms with Crippen molar-refractivity contribution in [1.29, 1.82) is 0 Å². The molecule has 5 nitrogen and oxygen atoms in total. The number of hydrogen-bond acceptors (Lipinski definition) is 6. The Kier molecular flexibility index (Phi) is 6.62. The summed E-state index contributed by atoms with van der Waals surface area (Å²) in [5.74, 6) is -0.849. The first-order chi connectivity index (χ1) is 13.1. The Bertz CT molecular complexity index is 926. The lowest BCUT2D eigenvalue weighted by atomic mass is 10.2. The molecule has 0 spiro atoms. The zero-order valence-corrected chi connectivity index (χ0v) is 16.3. The Balaban J connectivity index is 1.48. The van der Waals surface area contributed by atoms with Crippen molar-refractivity contribution in [3.8, 4) is 10.6 Å². The molecule has 1 amide bonds. The van der Waals surface area contributed by atoms with E-state index in [1.165, 1.54) is 11.3 Å². The van der Waals surface area contributed by atoms with E-state index < -0.39 is 5.97 Å². The van der Waals surface area contributed by atoms with E-state index in [-0.39, 0.29) is 18.9 Å². The summed E-state index contributed by atoms with van der Waals surface area (Å²) in [7, 11) is 0. The Labute approximate surface area is 165 Å². The minimum Gasteiger partial charge on any atom is -0.455 e. The summed E-state index contributed by atoms with van der Waals surface area (Å²) in [5.41, 5.74) is 2.32. The Morgan fingerprint density at radius 2 is 1.96 bits per heavy atom. The highest BCUT2D eigenvalue weighted by atomic mass is 32.2. The zero-order valence-electron chi connectivity index (χ0n) is 14.7. The van der Waals surface area contributed by atoms with E-state index in [0.29, 0.717) is 11.4 Å². The minimum atomic E-state index is -0.479. The summed E-state index contributed by atoms with van der Waals surface area (Å²) >= 11 is 3.06. The largest absolute Gasteiger partial charge is 0.455 e. The molecule has 0 atom stereocenters. The lowest BCUT2D eigenvalue weighted by molar-refractivity contribution is -0.146. The average molecular weight is 399 g/mol. The van der Waals surface area contributed by atoms with Crippen LogP contribution in [-0.2, 0) is 20.7 Å². The first-order valence-electron chi connectivity index (χ1n) is 8.23. The molecule has 0 bridgehead atoms. The second kappa shape index (κ2) is 9.34. The molecule has 0 fully saturated rings. The maximum absolute atomic E-state index is 12.0. The first kappa shape index (κ1) is 19.1. The molecule has 0 unspecified atom stereocenters. The van der Waals surface area contributed by atoms with Crippen LogP contribution in [0.5, 0.6) is 0 Å². The first-order valence-corrected chi connectivity index (χ1v) is 10.3. The molecule has 7 heteroatoms. The van der Waals surface area contributed by atoms with Gasteiger partial charge in [-0.25, -0.2) is 4.98 Å². The zero-order chi connectivity index (χ0) is 19.1. The standard InChI is InChI=1S/C20H18N2O3S2/c1-26-17-9-5-8-15(10-17)21-18(23)12-25-19(24)11-16-13-27-20(22-16)14-6-3-2-4-7-14/h2-10,13H,11-12H2,1H3,(H,21,23). The van der Waals surface area contributed by atoms with Gasteiger partial charge in [0, 0.05) is 21.5 Å². The quantitative estimate of drug-likeness (QED) is 0.476. The fraction of sp³-hybridized carbons (Fsp3) is 0.150. The Morgan fingerprint density at radius 3 is 2.74 bits per heavy atom. The van der Waals surface area contributed by atoms with E-state index in [2.05, 4.69) is 10.3 Å². The number of hydrogen-bond donors (Lipinski definition) is 1. The molecule has 1 N–H and O–H groups in total. The molecule has 3 aromatic rings. The molecule has 1 heterocycles. The molecular formula is C20H18N2O3S2. The van der Waals surface area contributed by atoms with Crippen molar-refractivity contribution in [3.05, 3.63) is 65.7 Å². The van der Waals surface area contributed by atoms with Gasteiger partial charge in [-0.15, -0.1) is 23.1 Å². The third-order valence-corrected chi connectivity index (χ3v) is 5.28. The minimum absolute atomic E-state index is 0.0403. The topological polar surface area (TPSA) is 68.3 Å². The van der Waals surface area contributed by atoms with Gasteiger partial charge >= 0.3 is 5.97 Å². The molecule has 0 radical (unpaired) electrons. The maximum Gasteiger partial charge on any atom is 0.312 e. The number of ether oxygens (including phenoxy) is 1. The average Bonchev–Trinajstić information content (AvgIpc) is 3.15. The summed E-state index contributed by atoms with van der Waals surface area (Å²) in [5, 5.41) is 5.40. The van der Waals surface area contributed by atoms with Crippen LogP contribution in [-0.4, -0.2) is 29.7 Å². The second-order valence-electron chi connectivity index (χ2n) is 5.63. The van der Waals surface area contributed by atoms with Crippen LogP contribution in [0.4, 0.5) is 5.69 Å². The van der Waals surface area contributed by atoms with Gasteiger partial charge in [0.15, 0.2) is 6.61 Å². The van der Waals surface area contributed by atoms with Crippen LogP contribution in [0.2, 0.25) is 0 Å². The number of nitrogens with one attached hydrogen (secondary N) is 1. The van der Waals surface area contributed by atoms with Crippen molar-refractivity contribution >= 4 is 40.7 Å². The van der Waals surface area contributed by atoms with Crippen molar-refractivity contribution in [3.63, 3.8) is 0 Å². The lowest BCUT2D eigenvalue weighted by Crippen LogP contribution is -2.21. The molecule has 2 aromatic carbocycles. The van der Waals surface area contributed by atoms with Crippen LogP contribution < -0.4 is 5.32 Å². The highest BCUT2D eigenvalue weighted by Crippen LogP contribution is 2.23. The van der Waals surface area contributed by atoms with Crippen LogP contribution in [0.25, 0.3) is 10.6 Å².